The van der Waals surface area contributed by atoms with Crippen molar-refractivity contribution in [1.29, 1.82) is 0 Å². The van der Waals surface area contributed by atoms with Gasteiger partial charge in [0.15, 0.2) is 0 Å². The molecule has 0 unspecified atom stereocenters. The topological polar surface area (TPSA) is 41.1 Å². The fourth-order valence-electron chi connectivity index (χ4n) is 2.60. The third-order valence-corrected chi connectivity index (χ3v) is 4.41. The second kappa shape index (κ2) is 10.2. The summed E-state index contributed by atoms with van der Waals surface area (Å²) in [5, 5.41) is 10.6. The minimum absolute atomic E-state index is 0. The third kappa shape index (κ3) is 6.73. The summed E-state index contributed by atoms with van der Waals surface area (Å²) in [6.07, 6.45) is 8.56. The average molecular weight is 317 g/mol. The average Bonchev–Trinajstić information content (AvgIpc) is 2.76. The van der Waals surface area contributed by atoms with Crippen LogP contribution in [0.3, 0.4) is 0 Å². The first-order chi connectivity index (χ1) is 9.34. The smallest absolute Gasteiger partial charge is 0.224 e. The van der Waals surface area contributed by atoms with Crippen LogP contribution >= 0.6 is 23.7 Å². The number of carbonyl (C=O) groups excluding carboxylic acids is 1. The van der Waals surface area contributed by atoms with Crippen molar-refractivity contribution in [2.45, 2.75) is 51.0 Å². The molecule has 0 atom stereocenters. The lowest BCUT2D eigenvalue weighted by Gasteiger charge is -2.16. The molecule has 1 heterocycles. The van der Waals surface area contributed by atoms with E-state index in [4.69, 9.17) is 0 Å². The molecule has 1 fully saturated rings. The van der Waals surface area contributed by atoms with Gasteiger partial charge in [-0.1, -0.05) is 25.7 Å². The number of carbonyl (C=O) groups is 1. The van der Waals surface area contributed by atoms with Crippen LogP contribution in [0.25, 0.3) is 0 Å². The second-order valence-electron chi connectivity index (χ2n) is 5.30. The molecule has 2 rings (SSSR count). The second-order valence-corrected chi connectivity index (χ2v) is 6.08. The maximum atomic E-state index is 11.7. The Morgan fingerprint density at radius 2 is 1.95 bits per heavy atom. The zero-order chi connectivity index (χ0) is 13.3. The third-order valence-electron chi connectivity index (χ3n) is 3.68. The lowest BCUT2D eigenvalue weighted by molar-refractivity contribution is -0.120. The van der Waals surface area contributed by atoms with Gasteiger partial charge >= 0.3 is 0 Å². The highest BCUT2D eigenvalue weighted by Gasteiger charge is 2.11. The van der Waals surface area contributed by atoms with E-state index in [1.165, 1.54) is 38.5 Å². The number of nitrogens with one attached hydrogen (secondary N) is 2. The van der Waals surface area contributed by atoms with Crippen LogP contribution in [-0.4, -0.2) is 25.0 Å². The van der Waals surface area contributed by atoms with E-state index in [1.807, 2.05) is 16.8 Å². The fourth-order valence-corrected chi connectivity index (χ4v) is 3.27. The molecule has 0 aliphatic heterocycles. The number of halogens is 1. The Kier molecular flexibility index (Phi) is 8.90. The van der Waals surface area contributed by atoms with Crippen LogP contribution in [0.1, 0.15) is 44.1 Å². The molecule has 1 aliphatic carbocycles. The van der Waals surface area contributed by atoms with E-state index in [9.17, 15) is 4.79 Å². The van der Waals surface area contributed by atoms with Crippen molar-refractivity contribution in [3.8, 4) is 0 Å². The zero-order valence-electron chi connectivity index (χ0n) is 11.9. The van der Waals surface area contributed by atoms with Crippen molar-refractivity contribution in [3.63, 3.8) is 0 Å². The van der Waals surface area contributed by atoms with Gasteiger partial charge in [-0.15, -0.1) is 12.4 Å². The maximum Gasteiger partial charge on any atom is 0.224 e. The van der Waals surface area contributed by atoms with Crippen molar-refractivity contribution in [3.05, 3.63) is 22.4 Å². The van der Waals surface area contributed by atoms with Crippen molar-refractivity contribution < 1.29 is 4.79 Å². The summed E-state index contributed by atoms with van der Waals surface area (Å²) in [6, 6.07) is 2.67. The molecule has 0 spiro atoms. The molecule has 1 aromatic rings. The van der Waals surface area contributed by atoms with E-state index in [-0.39, 0.29) is 18.3 Å². The molecule has 114 valence electrons. The van der Waals surface area contributed by atoms with Gasteiger partial charge in [-0.2, -0.15) is 11.3 Å². The van der Waals surface area contributed by atoms with Gasteiger partial charge in [0.2, 0.25) is 5.91 Å². The molecule has 0 saturated heterocycles. The van der Waals surface area contributed by atoms with Crippen LogP contribution in [0.2, 0.25) is 0 Å². The normalized spacial score (nSPS) is 16.2. The van der Waals surface area contributed by atoms with E-state index >= 15 is 0 Å². The first-order valence-corrected chi connectivity index (χ1v) is 8.30. The van der Waals surface area contributed by atoms with E-state index in [0.29, 0.717) is 12.5 Å². The Bertz CT molecular complexity index is 362. The van der Waals surface area contributed by atoms with Gasteiger partial charge in [-0.25, -0.2) is 0 Å². The SMILES string of the molecule is Cl.O=C(Cc1ccsc1)NCCNC1CCCCCC1. The molecule has 1 amide bonds. The van der Waals surface area contributed by atoms with Crippen molar-refractivity contribution in [2.75, 3.05) is 13.1 Å². The molecule has 20 heavy (non-hydrogen) atoms. The highest BCUT2D eigenvalue weighted by Crippen LogP contribution is 2.16. The van der Waals surface area contributed by atoms with Crippen LogP contribution in [0, 0.1) is 0 Å². The highest BCUT2D eigenvalue weighted by molar-refractivity contribution is 7.07. The molecule has 1 aliphatic rings. The molecule has 3 nitrogen and oxygen atoms in total. The summed E-state index contributed by atoms with van der Waals surface area (Å²) < 4.78 is 0. The van der Waals surface area contributed by atoms with E-state index in [2.05, 4.69) is 10.6 Å². The predicted octanol–water partition coefficient (Wildman–Crippen LogP) is 3.14. The van der Waals surface area contributed by atoms with Gasteiger partial charge in [0.25, 0.3) is 0 Å². The van der Waals surface area contributed by atoms with Crippen molar-refractivity contribution in [2.24, 2.45) is 0 Å². The largest absolute Gasteiger partial charge is 0.355 e. The standard InChI is InChI=1S/C15H24N2OS.ClH/c18-15(11-13-7-10-19-12-13)17-9-8-16-14-5-3-1-2-4-6-14;/h7,10,12,14,16H,1-6,8-9,11H2,(H,17,18);1H. The Labute approximate surface area is 131 Å². The first kappa shape index (κ1) is 17.5. The first-order valence-electron chi connectivity index (χ1n) is 7.36. The molecule has 2 N–H and O–H groups in total. The van der Waals surface area contributed by atoms with Gasteiger partial charge in [0.1, 0.15) is 0 Å². The molecule has 0 bridgehead atoms. The summed E-state index contributed by atoms with van der Waals surface area (Å²) in [7, 11) is 0. The number of hydrogen-bond donors (Lipinski definition) is 2. The van der Waals surface area contributed by atoms with E-state index in [0.717, 1.165) is 18.7 Å². The van der Waals surface area contributed by atoms with Crippen LogP contribution in [0.4, 0.5) is 0 Å². The summed E-state index contributed by atoms with van der Waals surface area (Å²) in [6.45, 7) is 1.62. The van der Waals surface area contributed by atoms with Gasteiger partial charge < -0.3 is 10.6 Å². The molecule has 0 aromatic carbocycles. The number of amides is 1. The summed E-state index contributed by atoms with van der Waals surface area (Å²) in [5.41, 5.74) is 1.11. The van der Waals surface area contributed by atoms with Crippen molar-refractivity contribution in [1.82, 2.24) is 10.6 Å². The molecule has 5 heteroatoms. The van der Waals surface area contributed by atoms with Crippen LogP contribution in [0.5, 0.6) is 0 Å². The van der Waals surface area contributed by atoms with E-state index < -0.39 is 0 Å². The number of thiophene rings is 1. The lowest BCUT2D eigenvalue weighted by Crippen LogP contribution is -2.37. The monoisotopic (exact) mass is 316 g/mol. The highest BCUT2D eigenvalue weighted by atomic mass is 35.5. The van der Waals surface area contributed by atoms with Crippen LogP contribution in [-0.2, 0) is 11.2 Å². The minimum Gasteiger partial charge on any atom is -0.355 e. The summed E-state index contributed by atoms with van der Waals surface area (Å²) in [4.78, 5) is 11.7. The van der Waals surface area contributed by atoms with Gasteiger partial charge in [-0.3, -0.25) is 4.79 Å². The molecule has 1 saturated carbocycles. The van der Waals surface area contributed by atoms with Gasteiger partial charge in [0.05, 0.1) is 6.42 Å². The lowest BCUT2D eigenvalue weighted by atomic mass is 10.1. The molecular formula is C15H25ClN2OS. The Hall–Kier alpha value is -0.580. The Balaban J connectivity index is 0.00000200. The molecule has 0 radical (unpaired) electrons. The summed E-state index contributed by atoms with van der Waals surface area (Å²) in [5.74, 6) is 0.126. The van der Waals surface area contributed by atoms with Gasteiger partial charge in [0, 0.05) is 19.1 Å². The fraction of sp³-hybridized carbons (Fsp3) is 0.667. The number of rotatable bonds is 6. The Morgan fingerprint density at radius 3 is 2.60 bits per heavy atom. The van der Waals surface area contributed by atoms with E-state index in [1.54, 1.807) is 11.3 Å². The minimum atomic E-state index is 0. The van der Waals surface area contributed by atoms with Crippen molar-refractivity contribution >= 4 is 29.7 Å². The quantitative estimate of drug-likeness (QED) is 0.625. The molecular weight excluding hydrogens is 292 g/mol. The predicted molar refractivity (Wildman–Crippen MR) is 87.8 cm³/mol. The number of hydrogen-bond acceptors (Lipinski definition) is 3. The van der Waals surface area contributed by atoms with Crippen LogP contribution < -0.4 is 10.6 Å². The molecule has 1 aromatic heterocycles. The van der Waals surface area contributed by atoms with Crippen LogP contribution in [0.15, 0.2) is 16.8 Å². The van der Waals surface area contributed by atoms with Gasteiger partial charge in [-0.05, 0) is 35.2 Å². The Morgan fingerprint density at radius 1 is 1.20 bits per heavy atom. The maximum absolute atomic E-state index is 11.7. The zero-order valence-corrected chi connectivity index (χ0v) is 13.5. The summed E-state index contributed by atoms with van der Waals surface area (Å²) >= 11 is 1.64.